The van der Waals surface area contributed by atoms with E-state index in [1.165, 1.54) is 85.4 Å². The quantitative estimate of drug-likeness (QED) is 0.298. The van der Waals surface area contributed by atoms with Gasteiger partial charge in [0.1, 0.15) is 0 Å². The molecule has 27 heavy (non-hydrogen) atoms. The molecule has 0 saturated heterocycles. The van der Waals surface area contributed by atoms with Crippen LogP contribution in [0.1, 0.15) is 67.7 Å². The van der Waals surface area contributed by atoms with Gasteiger partial charge in [0.25, 0.3) is 0 Å². The number of unbranched alkanes of at least 4 members (excludes halogenated alkanes) is 3. The fourth-order valence-electron chi connectivity index (χ4n) is 5.32. The van der Waals surface area contributed by atoms with Crippen LogP contribution in [-0.2, 0) is 25.8 Å². The molecule has 0 radical (unpaired) electrons. The summed E-state index contributed by atoms with van der Waals surface area (Å²) in [5.74, 6) is 0. The number of rotatable bonds is 5. The maximum absolute atomic E-state index is 2.58. The van der Waals surface area contributed by atoms with Gasteiger partial charge in [0.15, 0.2) is 12.7 Å². The van der Waals surface area contributed by atoms with Gasteiger partial charge in [0.2, 0.25) is 5.69 Å². The summed E-state index contributed by atoms with van der Waals surface area (Å²) in [5, 5.41) is 2.81. The largest absolute Gasteiger partial charge is 0.216 e. The summed E-state index contributed by atoms with van der Waals surface area (Å²) < 4.78 is 2.58. The molecule has 2 aromatic carbocycles. The Balaban J connectivity index is 1.61. The Kier molecular flexibility index (Phi) is 4.47. The topological polar surface area (TPSA) is 3.88 Å². The molecule has 0 fully saturated rings. The Labute approximate surface area is 163 Å². The number of hydrogen-bond acceptors (Lipinski definition) is 0. The Morgan fingerprint density at radius 3 is 2.59 bits per heavy atom. The molecule has 2 aliphatic rings. The number of hydrogen-bond donors (Lipinski definition) is 0. The first kappa shape index (κ1) is 17.0. The molecule has 3 aromatic rings. The van der Waals surface area contributed by atoms with Crippen LogP contribution in [0.15, 0.2) is 42.6 Å². The SMILES string of the molecule is CCCCCCc1c[n+]2c(c3c1CCCC3)-c1ccc3ccccc3c1C2. The lowest BCUT2D eigenvalue weighted by Crippen LogP contribution is -2.35. The van der Waals surface area contributed by atoms with Crippen molar-refractivity contribution in [2.75, 3.05) is 0 Å². The molecule has 0 N–H and O–H groups in total. The maximum atomic E-state index is 2.58. The lowest BCUT2D eigenvalue weighted by molar-refractivity contribution is -0.672. The third kappa shape index (κ3) is 2.88. The van der Waals surface area contributed by atoms with E-state index < -0.39 is 0 Å². The summed E-state index contributed by atoms with van der Waals surface area (Å²) in [6.07, 6.45) is 14.4. The Hall–Kier alpha value is -2.15. The van der Waals surface area contributed by atoms with Gasteiger partial charge >= 0.3 is 0 Å². The molecule has 5 rings (SSSR count). The highest BCUT2D eigenvalue weighted by Gasteiger charge is 2.34. The summed E-state index contributed by atoms with van der Waals surface area (Å²) in [6.45, 7) is 3.34. The van der Waals surface area contributed by atoms with Crippen LogP contribution in [0.3, 0.4) is 0 Å². The second-order valence-electron chi connectivity index (χ2n) is 8.42. The van der Waals surface area contributed by atoms with E-state index in [4.69, 9.17) is 0 Å². The Bertz CT molecular complexity index is 999. The minimum Gasteiger partial charge on any atom is -0.193 e. The van der Waals surface area contributed by atoms with E-state index in [9.17, 15) is 0 Å². The van der Waals surface area contributed by atoms with E-state index in [0.29, 0.717) is 0 Å². The fraction of sp³-hybridized carbons (Fsp3) is 0.423. The average Bonchev–Trinajstić information content (AvgIpc) is 3.10. The summed E-state index contributed by atoms with van der Waals surface area (Å²) in [4.78, 5) is 0. The lowest BCUT2D eigenvalue weighted by atomic mass is 9.85. The predicted molar refractivity (Wildman–Crippen MR) is 113 cm³/mol. The van der Waals surface area contributed by atoms with Crippen molar-refractivity contribution in [3.8, 4) is 11.3 Å². The van der Waals surface area contributed by atoms with Crippen molar-refractivity contribution in [1.82, 2.24) is 0 Å². The smallest absolute Gasteiger partial charge is 0.193 e. The van der Waals surface area contributed by atoms with Crippen molar-refractivity contribution in [1.29, 1.82) is 0 Å². The maximum Gasteiger partial charge on any atom is 0.216 e. The number of fused-ring (bicyclic) bond motifs is 7. The molecule has 1 aliphatic carbocycles. The van der Waals surface area contributed by atoms with Gasteiger partial charge in [-0.1, -0.05) is 56.5 Å². The summed E-state index contributed by atoms with van der Waals surface area (Å²) in [7, 11) is 0. The Morgan fingerprint density at radius 1 is 0.852 bits per heavy atom. The molecule has 0 bridgehead atoms. The van der Waals surface area contributed by atoms with Crippen molar-refractivity contribution in [2.24, 2.45) is 0 Å². The zero-order chi connectivity index (χ0) is 18.2. The molecule has 0 amide bonds. The molecule has 1 aromatic heterocycles. The van der Waals surface area contributed by atoms with Crippen molar-refractivity contribution >= 4 is 10.8 Å². The van der Waals surface area contributed by atoms with E-state index >= 15 is 0 Å². The van der Waals surface area contributed by atoms with E-state index in [1.54, 1.807) is 16.7 Å². The third-order valence-corrected chi connectivity index (χ3v) is 6.66. The van der Waals surface area contributed by atoms with Crippen LogP contribution < -0.4 is 4.57 Å². The number of aryl methyl sites for hydroxylation is 1. The molecular formula is C26H30N+. The van der Waals surface area contributed by atoms with Gasteiger partial charge in [-0.3, -0.25) is 0 Å². The van der Waals surface area contributed by atoms with Crippen LogP contribution in [0, 0.1) is 0 Å². The van der Waals surface area contributed by atoms with Gasteiger partial charge < -0.3 is 0 Å². The van der Waals surface area contributed by atoms with Crippen molar-refractivity contribution in [2.45, 2.75) is 71.3 Å². The molecule has 2 heterocycles. The van der Waals surface area contributed by atoms with Crippen LogP contribution in [0.5, 0.6) is 0 Å². The zero-order valence-corrected chi connectivity index (χ0v) is 16.6. The molecule has 1 aliphatic heterocycles. The van der Waals surface area contributed by atoms with Crippen LogP contribution in [-0.4, -0.2) is 0 Å². The molecule has 1 nitrogen and oxygen atoms in total. The highest BCUT2D eigenvalue weighted by Crippen LogP contribution is 2.39. The monoisotopic (exact) mass is 356 g/mol. The van der Waals surface area contributed by atoms with Gasteiger partial charge in [0.05, 0.1) is 5.56 Å². The highest BCUT2D eigenvalue weighted by molar-refractivity contribution is 5.92. The molecule has 0 unspecified atom stereocenters. The van der Waals surface area contributed by atoms with Crippen molar-refractivity contribution in [3.63, 3.8) is 0 Å². The first-order valence-electron chi connectivity index (χ1n) is 10.9. The van der Waals surface area contributed by atoms with Crippen LogP contribution >= 0.6 is 0 Å². The van der Waals surface area contributed by atoms with Crippen LogP contribution in [0.25, 0.3) is 22.0 Å². The van der Waals surface area contributed by atoms with Crippen molar-refractivity contribution in [3.05, 3.63) is 64.8 Å². The molecule has 1 heteroatoms. The van der Waals surface area contributed by atoms with Crippen LogP contribution in [0.4, 0.5) is 0 Å². The standard InChI is InChI=1S/C26H30N/c1-2-3-4-5-11-20-17-27-18-25-21-12-7-6-10-19(21)15-16-24(25)26(27)23-14-9-8-13-22(20)23/h6-7,10,12,15-17H,2-5,8-9,11,13-14,18H2,1H3/q+1. The summed E-state index contributed by atoms with van der Waals surface area (Å²) in [5.41, 5.74) is 9.56. The van der Waals surface area contributed by atoms with Gasteiger partial charge in [0, 0.05) is 16.7 Å². The second kappa shape index (κ2) is 7.11. The summed E-state index contributed by atoms with van der Waals surface area (Å²) >= 11 is 0. The number of aromatic nitrogens is 1. The lowest BCUT2D eigenvalue weighted by Gasteiger charge is -2.19. The highest BCUT2D eigenvalue weighted by atomic mass is 15.0. The second-order valence-corrected chi connectivity index (χ2v) is 8.42. The number of pyridine rings is 1. The minimum absolute atomic E-state index is 1.04. The summed E-state index contributed by atoms with van der Waals surface area (Å²) in [6, 6.07) is 13.6. The first-order chi connectivity index (χ1) is 13.4. The third-order valence-electron chi connectivity index (χ3n) is 6.66. The van der Waals surface area contributed by atoms with Gasteiger partial charge in [-0.25, -0.2) is 0 Å². The Morgan fingerprint density at radius 2 is 1.70 bits per heavy atom. The van der Waals surface area contributed by atoms with E-state index in [0.717, 1.165) is 6.54 Å². The average molecular weight is 357 g/mol. The van der Waals surface area contributed by atoms with Gasteiger partial charge in [-0.15, -0.1) is 0 Å². The predicted octanol–water partition coefficient (Wildman–Crippen LogP) is 6.16. The van der Waals surface area contributed by atoms with Crippen molar-refractivity contribution < 1.29 is 4.57 Å². The van der Waals surface area contributed by atoms with E-state index in [2.05, 4.69) is 54.1 Å². The molecular weight excluding hydrogens is 326 g/mol. The fourth-order valence-corrected chi connectivity index (χ4v) is 5.32. The normalized spacial score (nSPS) is 14.9. The molecule has 138 valence electrons. The number of nitrogens with zero attached hydrogens (tertiary/aromatic N) is 1. The van der Waals surface area contributed by atoms with Gasteiger partial charge in [-0.2, -0.15) is 4.57 Å². The number of benzene rings is 2. The minimum atomic E-state index is 1.04. The molecule has 0 saturated carbocycles. The first-order valence-corrected chi connectivity index (χ1v) is 10.9. The van der Waals surface area contributed by atoms with Gasteiger partial charge in [-0.05, 0) is 60.9 Å². The molecule has 0 atom stereocenters. The van der Waals surface area contributed by atoms with Crippen LogP contribution in [0.2, 0.25) is 0 Å². The zero-order valence-electron chi connectivity index (χ0n) is 16.6. The molecule has 0 spiro atoms. The van der Waals surface area contributed by atoms with E-state index in [-0.39, 0.29) is 0 Å². The van der Waals surface area contributed by atoms with E-state index in [1.807, 2.05) is 0 Å².